The van der Waals surface area contributed by atoms with Gasteiger partial charge >= 0.3 is 12.1 Å². The van der Waals surface area contributed by atoms with Crippen LogP contribution in [0.2, 0.25) is 0 Å². The van der Waals surface area contributed by atoms with Crippen molar-refractivity contribution in [2.24, 2.45) is 7.05 Å². The molecule has 0 fully saturated rings. The van der Waals surface area contributed by atoms with Gasteiger partial charge in [0.05, 0.1) is 25.1 Å². The van der Waals surface area contributed by atoms with Crippen molar-refractivity contribution in [3.05, 3.63) is 41.2 Å². The van der Waals surface area contributed by atoms with Crippen LogP contribution < -0.4 is 14.8 Å². The van der Waals surface area contributed by atoms with E-state index < -0.39 is 12.1 Å². The Hall–Kier alpha value is -2.79. The Morgan fingerprint density at radius 3 is 2.79 bits per heavy atom. The Morgan fingerprint density at radius 2 is 2.07 bits per heavy atom. The van der Waals surface area contributed by atoms with E-state index in [0.717, 1.165) is 31.2 Å². The third-order valence-electron chi connectivity index (χ3n) is 4.49. The molecule has 2 aliphatic rings. The molecule has 2 aliphatic heterocycles. The molecule has 0 saturated heterocycles. The molecule has 0 bridgehead atoms. The number of nitrogens with one attached hydrogen (secondary N) is 1. The molecule has 3 heterocycles. The van der Waals surface area contributed by atoms with Crippen molar-refractivity contribution in [2.75, 3.05) is 19.9 Å². The van der Waals surface area contributed by atoms with Gasteiger partial charge in [0, 0.05) is 31.6 Å². The second-order valence-corrected chi connectivity index (χ2v) is 6.50. The van der Waals surface area contributed by atoms with Gasteiger partial charge < -0.3 is 24.6 Å². The minimum atomic E-state index is -5.08. The number of hydrogen-bond acceptors (Lipinski definition) is 6. The highest BCUT2D eigenvalue weighted by molar-refractivity contribution is 5.73. The van der Waals surface area contributed by atoms with E-state index in [1.54, 1.807) is 0 Å². The molecule has 2 N–H and O–H groups in total. The summed E-state index contributed by atoms with van der Waals surface area (Å²) >= 11 is 0. The Balaban J connectivity index is 0.000000298. The Labute approximate surface area is 164 Å². The molecule has 158 valence electrons. The van der Waals surface area contributed by atoms with Crippen LogP contribution in [0.1, 0.15) is 22.7 Å². The first-order valence-corrected chi connectivity index (χ1v) is 8.73. The summed E-state index contributed by atoms with van der Waals surface area (Å²) in [6, 6.07) is 6.05. The number of alkyl halides is 3. The van der Waals surface area contributed by atoms with Gasteiger partial charge in [0.2, 0.25) is 6.79 Å². The van der Waals surface area contributed by atoms with Crippen LogP contribution in [0, 0.1) is 0 Å². The number of aryl methyl sites for hydroxylation is 1. The van der Waals surface area contributed by atoms with Gasteiger partial charge in [0.1, 0.15) is 0 Å². The summed E-state index contributed by atoms with van der Waals surface area (Å²) in [6.07, 6.45) is -3.12. The fraction of sp³-hybridized carbons (Fsp3) is 0.444. The van der Waals surface area contributed by atoms with Crippen molar-refractivity contribution in [3.8, 4) is 11.5 Å². The lowest BCUT2D eigenvalue weighted by molar-refractivity contribution is -0.192. The van der Waals surface area contributed by atoms with E-state index in [0.29, 0.717) is 19.3 Å². The predicted octanol–water partition coefficient (Wildman–Crippen LogP) is 2.19. The molecule has 2 aromatic rings. The summed E-state index contributed by atoms with van der Waals surface area (Å²) in [5.41, 5.74) is 3.67. The maximum Gasteiger partial charge on any atom is 0.490 e. The van der Waals surface area contributed by atoms with E-state index in [9.17, 15) is 13.2 Å². The zero-order valence-corrected chi connectivity index (χ0v) is 15.5. The zero-order chi connectivity index (χ0) is 21.0. The first-order valence-electron chi connectivity index (χ1n) is 8.73. The summed E-state index contributed by atoms with van der Waals surface area (Å²) in [6.45, 7) is 3.38. The van der Waals surface area contributed by atoms with Crippen molar-refractivity contribution < 1.29 is 37.3 Å². The lowest BCUT2D eigenvalue weighted by Crippen LogP contribution is -2.27. The maximum absolute atomic E-state index is 10.6. The van der Waals surface area contributed by atoms with Gasteiger partial charge in [0.15, 0.2) is 11.5 Å². The van der Waals surface area contributed by atoms with Gasteiger partial charge in [0.25, 0.3) is 0 Å². The second kappa shape index (κ2) is 8.70. The molecule has 4 rings (SSSR count). The van der Waals surface area contributed by atoms with Gasteiger partial charge in [-0.25, -0.2) is 4.79 Å². The molecular weight excluding hydrogens is 395 g/mol. The van der Waals surface area contributed by atoms with Gasteiger partial charge in [-0.2, -0.15) is 18.3 Å². The summed E-state index contributed by atoms with van der Waals surface area (Å²) in [4.78, 5) is 8.90. The van der Waals surface area contributed by atoms with Gasteiger partial charge in [-0.1, -0.05) is 6.07 Å². The zero-order valence-electron chi connectivity index (χ0n) is 15.5. The second-order valence-electron chi connectivity index (χ2n) is 6.50. The highest BCUT2D eigenvalue weighted by Crippen LogP contribution is 2.32. The Morgan fingerprint density at radius 1 is 1.34 bits per heavy atom. The minimum absolute atomic E-state index is 0.315. The molecule has 0 spiro atoms. The molecule has 1 atom stereocenters. The average molecular weight is 415 g/mol. The van der Waals surface area contributed by atoms with Crippen LogP contribution >= 0.6 is 0 Å². The smallest absolute Gasteiger partial charge is 0.475 e. The normalized spacial score (nSPS) is 17.3. The molecule has 8 nitrogen and oxygen atoms in total. The SMILES string of the molecule is Cn1ncc2c1COCC2CNCc1ccc2c(c1)OCO2.O=C(O)C(F)(F)F. The standard InChI is InChI=1S/C16H19N3O3.C2HF3O2/c1-19-14-9-20-8-12(13(14)7-18-19)6-17-5-11-2-3-15-16(4-11)22-10-21-15;3-2(4,5)1(6)7/h2-4,7,12,17H,5-6,8-10H2,1H3;(H,6,7). The van der Waals surface area contributed by atoms with Crippen LogP contribution in [-0.2, 0) is 29.7 Å². The first-order chi connectivity index (χ1) is 13.8. The van der Waals surface area contributed by atoms with Gasteiger partial charge in [-0.15, -0.1) is 0 Å². The monoisotopic (exact) mass is 415 g/mol. The first kappa shape index (κ1) is 20.9. The number of carboxylic acids is 1. The summed E-state index contributed by atoms with van der Waals surface area (Å²) in [5, 5.41) is 15.0. The predicted molar refractivity (Wildman–Crippen MR) is 93.6 cm³/mol. The number of rotatable bonds is 4. The molecular formula is C18H20F3N3O5. The highest BCUT2D eigenvalue weighted by Gasteiger charge is 2.38. The van der Waals surface area contributed by atoms with Crippen LogP contribution in [-0.4, -0.2) is 47.0 Å². The van der Waals surface area contributed by atoms with Crippen LogP contribution in [0.15, 0.2) is 24.4 Å². The van der Waals surface area contributed by atoms with E-state index in [1.807, 2.05) is 30.1 Å². The fourth-order valence-electron chi connectivity index (χ4n) is 3.00. The highest BCUT2D eigenvalue weighted by atomic mass is 19.4. The van der Waals surface area contributed by atoms with Crippen molar-refractivity contribution in [1.29, 1.82) is 0 Å². The number of aromatic nitrogens is 2. The number of fused-ring (bicyclic) bond motifs is 2. The van der Waals surface area contributed by atoms with E-state index >= 15 is 0 Å². The molecule has 11 heteroatoms. The van der Waals surface area contributed by atoms with Crippen LogP contribution in [0.3, 0.4) is 0 Å². The van der Waals surface area contributed by atoms with Crippen LogP contribution in [0.4, 0.5) is 13.2 Å². The summed E-state index contributed by atoms with van der Waals surface area (Å²) < 4.78 is 50.0. The maximum atomic E-state index is 10.6. The largest absolute Gasteiger partial charge is 0.490 e. The number of aliphatic carboxylic acids is 1. The summed E-state index contributed by atoms with van der Waals surface area (Å²) in [7, 11) is 1.96. The number of hydrogen-bond donors (Lipinski definition) is 2. The van der Waals surface area contributed by atoms with Crippen LogP contribution in [0.25, 0.3) is 0 Å². The number of ether oxygens (including phenoxy) is 3. The lowest BCUT2D eigenvalue weighted by atomic mass is 9.98. The summed E-state index contributed by atoms with van der Waals surface area (Å²) in [5.74, 6) is -0.752. The van der Waals surface area contributed by atoms with E-state index in [1.165, 1.54) is 16.8 Å². The Kier molecular flexibility index (Phi) is 6.28. The van der Waals surface area contributed by atoms with Gasteiger partial charge in [-0.3, -0.25) is 4.68 Å². The molecule has 0 radical (unpaired) electrons. The quantitative estimate of drug-likeness (QED) is 0.791. The third-order valence-corrected chi connectivity index (χ3v) is 4.49. The minimum Gasteiger partial charge on any atom is -0.475 e. The molecule has 0 aliphatic carbocycles. The van der Waals surface area contributed by atoms with E-state index in [-0.39, 0.29) is 0 Å². The van der Waals surface area contributed by atoms with Crippen molar-refractivity contribution >= 4 is 5.97 Å². The van der Waals surface area contributed by atoms with Crippen molar-refractivity contribution in [2.45, 2.75) is 25.2 Å². The molecule has 0 amide bonds. The number of halogens is 3. The van der Waals surface area contributed by atoms with Crippen molar-refractivity contribution in [1.82, 2.24) is 15.1 Å². The molecule has 1 unspecified atom stereocenters. The average Bonchev–Trinajstić information content (AvgIpc) is 3.28. The molecule has 0 saturated carbocycles. The number of carboxylic acid groups (broad SMARTS) is 1. The third kappa shape index (κ3) is 5.18. The number of carbonyl (C=O) groups is 1. The number of benzene rings is 1. The topological polar surface area (TPSA) is 94.8 Å². The van der Waals surface area contributed by atoms with Gasteiger partial charge in [-0.05, 0) is 17.7 Å². The number of nitrogens with zero attached hydrogens (tertiary/aromatic N) is 2. The molecule has 1 aromatic heterocycles. The van der Waals surface area contributed by atoms with Crippen LogP contribution in [0.5, 0.6) is 11.5 Å². The molecule has 1 aromatic carbocycles. The van der Waals surface area contributed by atoms with Crippen molar-refractivity contribution in [3.63, 3.8) is 0 Å². The van der Waals surface area contributed by atoms with E-state index in [4.69, 9.17) is 24.1 Å². The molecule has 29 heavy (non-hydrogen) atoms. The fourth-order valence-corrected chi connectivity index (χ4v) is 3.00. The Bertz CT molecular complexity index is 869. The van der Waals surface area contributed by atoms with E-state index in [2.05, 4.69) is 16.5 Å². The lowest BCUT2D eigenvalue weighted by Gasteiger charge is -2.23.